The molecule has 20 heavy (non-hydrogen) atoms. The summed E-state index contributed by atoms with van der Waals surface area (Å²) in [4.78, 5) is 11.7. The summed E-state index contributed by atoms with van der Waals surface area (Å²) >= 11 is 6.66. The molecule has 1 saturated carbocycles. The molecule has 3 atom stereocenters. The first-order valence-corrected chi connectivity index (χ1v) is 7.82. The van der Waals surface area contributed by atoms with Gasteiger partial charge in [-0.25, -0.2) is 4.79 Å². The Hall–Kier alpha value is -1.22. The minimum absolute atomic E-state index is 0.00665. The van der Waals surface area contributed by atoms with E-state index in [4.69, 9.17) is 16.0 Å². The van der Waals surface area contributed by atoms with E-state index in [9.17, 15) is 4.79 Å². The molecule has 1 aliphatic rings. The number of alkyl halides is 1. The third-order valence-corrected chi connectivity index (χ3v) is 5.21. The molecule has 0 amide bonds. The molecule has 3 nitrogen and oxygen atoms in total. The van der Waals surface area contributed by atoms with E-state index in [2.05, 4.69) is 6.92 Å². The number of oxazole rings is 1. The maximum absolute atomic E-state index is 11.7. The number of benzene rings is 1. The lowest BCUT2D eigenvalue weighted by Gasteiger charge is -2.21. The molecule has 3 unspecified atom stereocenters. The van der Waals surface area contributed by atoms with Crippen molar-refractivity contribution in [1.82, 2.24) is 4.57 Å². The normalized spacial score (nSPS) is 24.4. The molecule has 1 heterocycles. The second-order valence-corrected chi connectivity index (χ2v) is 6.28. The quantitative estimate of drug-likeness (QED) is 0.790. The predicted octanol–water partition coefficient (Wildman–Crippen LogP) is 4.33. The standard InChI is InChI=1S/C16H20ClNO2/c1-3-18-13-8-7-11(9-14(13)20-16(18)19)15(17)12-6-4-5-10(12)2/h7-10,12,15H,3-6H2,1-2H3. The lowest BCUT2D eigenvalue weighted by molar-refractivity contribution is 0.405. The Kier molecular flexibility index (Phi) is 3.63. The van der Waals surface area contributed by atoms with E-state index < -0.39 is 0 Å². The summed E-state index contributed by atoms with van der Waals surface area (Å²) in [6.45, 7) is 4.84. The number of halogens is 1. The van der Waals surface area contributed by atoms with Gasteiger partial charge in [-0.15, -0.1) is 11.6 Å². The SMILES string of the molecule is CCn1c(=O)oc2cc(C(Cl)C3CCCC3C)ccc21. The van der Waals surface area contributed by atoms with Gasteiger partial charge in [0.2, 0.25) is 0 Å². The lowest BCUT2D eigenvalue weighted by atomic mass is 9.90. The summed E-state index contributed by atoms with van der Waals surface area (Å²) < 4.78 is 6.96. The maximum atomic E-state index is 11.7. The number of aromatic nitrogens is 1. The summed E-state index contributed by atoms with van der Waals surface area (Å²) in [6.07, 6.45) is 3.71. The summed E-state index contributed by atoms with van der Waals surface area (Å²) in [5, 5.41) is 0.00665. The van der Waals surface area contributed by atoms with Gasteiger partial charge in [0.15, 0.2) is 5.58 Å². The molecule has 0 saturated heterocycles. The average Bonchev–Trinajstić information content (AvgIpc) is 2.99. The van der Waals surface area contributed by atoms with Crippen molar-refractivity contribution in [2.75, 3.05) is 0 Å². The number of rotatable bonds is 3. The van der Waals surface area contributed by atoms with E-state index in [0.717, 1.165) is 11.1 Å². The fourth-order valence-corrected chi connectivity index (χ4v) is 3.92. The molecule has 4 heteroatoms. The molecule has 1 fully saturated rings. The maximum Gasteiger partial charge on any atom is 0.419 e. The van der Waals surface area contributed by atoms with Crippen LogP contribution < -0.4 is 5.76 Å². The van der Waals surface area contributed by atoms with E-state index >= 15 is 0 Å². The number of hydrogen-bond donors (Lipinski definition) is 0. The van der Waals surface area contributed by atoms with E-state index in [0.29, 0.717) is 24.0 Å². The molecule has 2 aromatic rings. The van der Waals surface area contributed by atoms with Crippen LogP contribution in [0.4, 0.5) is 0 Å². The minimum Gasteiger partial charge on any atom is -0.408 e. The molecule has 0 radical (unpaired) electrons. The molecule has 1 aliphatic carbocycles. The van der Waals surface area contributed by atoms with Crippen LogP contribution in [0.25, 0.3) is 11.1 Å². The van der Waals surface area contributed by atoms with Crippen LogP contribution in [0.2, 0.25) is 0 Å². The average molecular weight is 294 g/mol. The Morgan fingerprint density at radius 3 is 2.90 bits per heavy atom. The minimum atomic E-state index is -0.292. The van der Waals surface area contributed by atoms with Crippen LogP contribution in [-0.4, -0.2) is 4.57 Å². The Morgan fingerprint density at radius 1 is 1.45 bits per heavy atom. The predicted molar refractivity (Wildman–Crippen MR) is 81.2 cm³/mol. The summed E-state index contributed by atoms with van der Waals surface area (Å²) in [7, 11) is 0. The van der Waals surface area contributed by atoms with Crippen LogP contribution in [-0.2, 0) is 6.54 Å². The second kappa shape index (κ2) is 5.28. The van der Waals surface area contributed by atoms with Crippen LogP contribution in [0, 0.1) is 11.8 Å². The molecule has 1 aromatic heterocycles. The van der Waals surface area contributed by atoms with Gasteiger partial charge < -0.3 is 4.42 Å². The highest BCUT2D eigenvalue weighted by atomic mass is 35.5. The van der Waals surface area contributed by atoms with Crippen LogP contribution in [0.1, 0.15) is 44.1 Å². The highest BCUT2D eigenvalue weighted by molar-refractivity contribution is 6.21. The summed E-state index contributed by atoms with van der Waals surface area (Å²) in [5.41, 5.74) is 2.56. The highest BCUT2D eigenvalue weighted by Gasteiger charge is 2.30. The van der Waals surface area contributed by atoms with Gasteiger partial charge in [0, 0.05) is 6.54 Å². The number of fused-ring (bicyclic) bond motifs is 1. The molecule has 0 aliphatic heterocycles. The van der Waals surface area contributed by atoms with E-state index in [1.54, 1.807) is 4.57 Å². The van der Waals surface area contributed by atoms with Crippen LogP contribution in [0.5, 0.6) is 0 Å². The van der Waals surface area contributed by atoms with Gasteiger partial charge in [-0.05, 0) is 42.9 Å². The van der Waals surface area contributed by atoms with Gasteiger partial charge in [0.1, 0.15) is 0 Å². The van der Waals surface area contributed by atoms with Gasteiger partial charge in [-0.2, -0.15) is 0 Å². The van der Waals surface area contributed by atoms with E-state index in [-0.39, 0.29) is 11.1 Å². The molecular weight excluding hydrogens is 274 g/mol. The third-order valence-electron chi connectivity index (χ3n) is 4.63. The number of nitrogens with zero attached hydrogens (tertiary/aromatic N) is 1. The first-order valence-electron chi connectivity index (χ1n) is 7.39. The Labute approximate surface area is 123 Å². The van der Waals surface area contributed by atoms with E-state index in [1.807, 2.05) is 25.1 Å². The zero-order valence-corrected chi connectivity index (χ0v) is 12.7. The van der Waals surface area contributed by atoms with Gasteiger partial charge in [0.05, 0.1) is 10.9 Å². The van der Waals surface area contributed by atoms with Crippen LogP contribution >= 0.6 is 11.6 Å². The molecule has 0 bridgehead atoms. The first kappa shape index (κ1) is 13.7. The largest absolute Gasteiger partial charge is 0.419 e. The van der Waals surface area contributed by atoms with Crippen LogP contribution in [0.3, 0.4) is 0 Å². The van der Waals surface area contributed by atoms with Crippen LogP contribution in [0.15, 0.2) is 27.4 Å². The fourth-order valence-electron chi connectivity index (χ4n) is 3.41. The van der Waals surface area contributed by atoms with Crippen molar-refractivity contribution in [2.45, 2.75) is 45.0 Å². The molecular formula is C16H20ClNO2. The van der Waals surface area contributed by atoms with Crippen molar-refractivity contribution in [3.05, 3.63) is 34.3 Å². The molecule has 108 valence electrons. The van der Waals surface area contributed by atoms with Crippen molar-refractivity contribution in [3.8, 4) is 0 Å². The second-order valence-electron chi connectivity index (χ2n) is 5.81. The summed E-state index contributed by atoms with van der Waals surface area (Å²) in [5.74, 6) is 0.898. The lowest BCUT2D eigenvalue weighted by Crippen LogP contribution is -2.12. The molecule has 1 aromatic carbocycles. The third kappa shape index (κ3) is 2.18. The zero-order valence-electron chi connectivity index (χ0n) is 11.9. The van der Waals surface area contributed by atoms with E-state index in [1.165, 1.54) is 19.3 Å². The highest BCUT2D eigenvalue weighted by Crippen LogP contribution is 2.43. The molecule has 0 N–H and O–H groups in total. The molecule has 0 spiro atoms. The van der Waals surface area contributed by atoms with Crippen molar-refractivity contribution in [1.29, 1.82) is 0 Å². The van der Waals surface area contributed by atoms with Gasteiger partial charge >= 0.3 is 5.76 Å². The topological polar surface area (TPSA) is 35.1 Å². The van der Waals surface area contributed by atoms with Crippen molar-refractivity contribution >= 4 is 22.7 Å². The Balaban J connectivity index is 1.98. The Morgan fingerprint density at radius 2 is 2.25 bits per heavy atom. The first-order chi connectivity index (χ1) is 9.61. The van der Waals surface area contributed by atoms with Crippen molar-refractivity contribution in [3.63, 3.8) is 0 Å². The monoisotopic (exact) mass is 293 g/mol. The summed E-state index contributed by atoms with van der Waals surface area (Å²) in [6, 6.07) is 5.92. The van der Waals surface area contributed by atoms with Gasteiger partial charge in [-0.3, -0.25) is 4.57 Å². The van der Waals surface area contributed by atoms with Gasteiger partial charge in [-0.1, -0.05) is 25.8 Å². The fraction of sp³-hybridized carbons (Fsp3) is 0.562. The number of hydrogen-bond acceptors (Lipinski definition) is 2. The van der Waals surface area contributed by atoms with Gasteiger partial charge in [0.25, 0.3) is 0 Å². The smallest absolute Gasteiger partial charge is 0.408 e. The zero-order chi connectivity index (χ0) is 14.3. The Bertz CT molecular complexity index is 673. The molecule has 3 rings (SSSR count). The van der Waals surface area contributed by atoms with Crippen molar-refractivity contribution < 1.29 is 4.42 Å². The van der Waals surface area contributed by atoms with Crippen molar-refractivity contribution in [2.24, 2.45) is 11.8 Å². The number of aryl methyl sites for hydroxylation is 1.